The van der Waals surface area contributed by atoms with Crippen LogP contribution in [0.3, 0.4) is 0 Å². The molecule has 1 heterocycles. The molecular formula is C17H21BrN2S. The van der Waals surface area contributed by atoms with Gasteiger partial charge in [-0.1, -0.05) is 28.1 Å². The van der Waals surface area contributed by atoms with Crippen molar-refractivity contribution in [2.24, 2.45) is 5.92 Å². The van der Waals surface area contributed by atoms with Crippen LogP contribution in [0.4, 0.5) is 0 Å². The quantitative estimate of drug-likeness (QED) is 0.788. The molecule has 1 fully saturated rings. The van der Waals surface area contributed by atoms with Gasteiger partial charge in [-0.05, 0) is 62.8 Å². The van der Waals surface area contributed by atoms with Crippen molar-refractivity contribution in [3.63, 3.8) is 0 Å². The number of hydrogen-bond acceptors (Lipinski definition) is 3. The predicted molar refractivity (Wildman–Crippen MR) is 92.9 cm³/mol. The Morgan fingerprint density at radius 1 is 1.38 bits per heavy atom. The first-order valence-corrected chi connectivity index (χ1v) is 9.25. The van der Waals surface area contributed by atoms with Crippen LogP contribution in [0, 0.1) is 12.8 Å². The van der Waals surface area contributed by atoms with Gasteiger partial charge in [0.1, 0.15) is 0 Å². The van der Waals surface area contributed by atoms with Gasteiger partial charge in [0.2, 0.25) is 0 Å². The van der Waals surface area contributed by atoms with Gasteiger partial charge < -0.3 is 5.32 Å². The smallest absolute Gasteiger partial charge is 0.0897 e. The summed E-state index contributed by atoms with van der Waals surface area (Å²) in [5.74, 6) is 0.612. The molecule has 0 amide bonds. The highest BCUT2D eigenvalue weighted by molar-refractivity contribution is 9.10. The van der Waals surface area contributed by atoms with Gasteiger partial charge in [0.05, 0.1) is 10.7 Å². The Morgan fingerprint density at radius 2 is 2.24 bits per heavy atom. The zero-order valence-corrected chi connectivity index (χ0v) is 14.7. The van der Waals surface area contributed by atoms with E-state index in [9.17, 15) is 0 Å². The lowest BCUT2D eigenvalue weighted by molar-refractivity contribution is 0.465. The summed E-state index contributed by atoms with van der Waals surface area (Å²) in [7, 11) is 0. The third kappa shape index (κ3) is 4.90. The van der Waals surface area contributed by atoms with Crippen molar-refractivity contribution in [2.75, 3.05) is 6.54 Å². The Hall–Kier alpha value is -0.710. The van der Waals surface area contributed by atoms with Gasteiger partial charge in [0, 0.05) is 15.9 Å². The maximum atomic E-state index is 4.63. The number of aryl methyl sites for hydroxylation is 1. The van der Waals surface area contributed by atoms with Gasteiger partial charge in [-0.2, -0.15) is 0 Å². The largest absolute Gasteiger partial charge is 0.314 e. The Bertz CT molecular complexity index is 592. The third-order valence-electron chi connectivity index (χ3n) is 3.85. The van der Waals surface area contributed by atoms with Gasteiger partial charge in [0.15, 0.2) is 0 Å². The number of aromatic nitrogens is 1. The lowest BCUT2D eigenvalue weighted by Gasteiger charge is -2.17. The molecule has 1 aliphatic carbocycles. The minimum Gasteiger partial charge on any atom is -0.314 e. The minimum absolute atomic E-state index is 0.612. The summed E-state index contributed by atoms with van der Waals surface area (Å²) in [4.78, 5) is 4.63. The van der Waals surface area contributed by atoms with E-state index in [0.717, 1.165) is 25.4 Å². The second kappa shape index (κ2) is 7.03. The summed E-state index contributed by atoms with van der Waals surface area (Å²) >= 11 is 5.32. The molecule has 2 aromatic rings. The molecule has 2 nitrogen and oxygen atoms in total. The number of nitrogens with zero attached hydrogens (tertiary/aromatic N) is 1. The van der Waals surface area contributed by atoms with E-state index in [-0.39, 0.29) is 0 Å². The first-order valence-electron chi connectivity index (χ1n) is 7.58. The monoisotopic (exact) mass is 364 g/mol. The summed E-state index contributed by atoms with van der Waals surface area (Å²) < 4.78 is 1.17. The molecule has 1 saturated carbocycles. The molecule has 21 heavy (non-hydrogen) atoms. The summed E-state index contributed by atoms with van der Waals surface area (Å²) in [5, 5.41) is 7.06. The highest BCUT2D eigenvalue weighted by atomic mass is 79.9. The van der Waals surface area contributed by atoms with E-state index in [1.165, 1.54) is 33.6 Å². The summed E-state index contributed by atoms with van der Waals surface area (Å²) in [6.45, 7) is 3.17. The number of nitrogens with one attached hydrogen (secondary N) is 1. The molecule has 1 aliphatic rings. The number of thiazole rings is 1. The van der Waals surface area contributed by atoms with Gasteiger partial charge in [-0.3, -0.25) is 0 Å². The van der Waals surface area contributed by atoms with E-state index in [2.05, 4.69) is 62.8 Å². The van der Waals surface area contributed by atoms with Crippen molar-refractivity contribution in [3.05, 3.63) is 50.4 Å². The van der Waals surface area contributed by atoms with Gasteiger partial charge in [0.25, 0.3) is 0 Å². The first kappa shape index (κ1) is 15.2. The lowest BCUT2D eigenvalue weighted by Crippen LogP contribution is -2.27. The van der Waals surface area contributed by atoms with Crippen LogP contribution < -0.4 is 5.32 Å². The molecule has 112 valence electrons. The number of rotatable bonds is 7. The second-order valence-electron chi connectivity index (χ2n) is 5.94. The fourth-order valence-corrected chi connectivity index (χ4v) is 3.70. The molecule has 1 N–H and O–H groups in total. The molecule has 1 atom stereocenters. The van der Waals surface area contributed by atoms with Crippen LogP contribution in [0.15, 0.2) is 34.1 Å². The Morgan fingerprint density at radius 3 is 2.90 bits per heavy atom. The van der Waals surface area contributed by atoms with Crippen molar-refractivity contribution < 1.29 is 0 Å². The van der Waals surface area contributed by atoms with Gasteiger partial charge >= 0.3 is 0 Å². The van der Waals surface area contributed by atoms with Crippen molar-refractivity contribution in [3.8, 4) is 0 Å². The van der Waals surface area contributed by atoms with E-state index >= 15 is 0 Å². The SMILES string of the molecule is Cc1nc(CC(CNC2CC2)Cc2cccc(Br)c2)cs1. The topological polar surface area (TPSA) is 24.9 Å². The molecule has 0 aliphatic heterocycles. The highest BCUT2D eigenvalue weighted by Crippen LogP contribution is 2.22. The van der Waals surface area contributed by atoms with Crippen LogP contribution in [0.5, 0.6) is 0 Å². The van der Waals surface area contributed by atoms with E-state index < -0.39 is 0 Å². The molecule has 4 heteroatoms. The summed E-state index contributed by atoms with van der Waals surface area (Å²) in [6, 6.07) is 9.44. The fourth-order valence-electron chi connectivity index (χ4n) is 2.63. The zero-order chi connectivity index (χ0) is 14.7. The van der Waals surface area contributed by atoms with Crippen LogP contribution in [-0.4, -0.2) is 17.6 Å². The normalized spacial score (nSPS) is 16.1. The Kier molecular flexibility index (Phi) is 5.09. The number of benzene rings is 1. The van der Waals surface area contributed by atoms with Crippen LogP contribution in [0.25, 0.3) is 0 Å². The standard InChI is InChI=1S/C17H21BrN2S/c1-12-20-17(11-21-12)9-14(10-19-16-5-6-16)7-13-3-2-4-15(18)8-13/h2-4,8,11,14,16,19H,5-7,9-10H2,1H3. The molecule has 0 radical (unpaired) electrons. The fraction of sp³-hybridized carbons (Fsp3) is 0.471. The van der Waals surface area contributed by atoms with Crippen molar-refractivity contribution in [1.29, 1.82) is 0 Å². The average Bonchev–Trinajstić information content (AvgIpc) is 3.19. The van der Waals surface area contributed by atoms with Gasteiger partial charge in [-0.15, -0.1) is 11.3 Å². The zero-order valence-electron chi connectivity index (χ0n) is 12.3. The average molecular weight is 365 g/mol. The van der Waals surface area contributed by atoms with Crippen molar-refractivity contribution in [1.82, 2.24) is 10.3 Å². The summed E-state index contributed by atoms with van der Waals surface area (Å²) in [5.41, 5.74) is 2.65. The molecule has 1 aromatic carbocycles. The molecule has 1 aromatic heterocycles. The lowest BCUT2D eigenvalue weighted by atomic mass is 9.95. The maximum Gasteiger partial charge on any atom is 0.0897 e. The van der Waals surface area contributed by atoms with Crippen LogP contribution in [0.2, 0.25) is 0 Å². The highest BCUT2D eigenvalue weighted by Gasteiger charge is 2.22. The second-order valence-corrected chi connectivity index (χ2v) is 7.92. The minimum atomic E-state index is 0.612. The number of hydrogen-bond donors (Lipinski definition) is 1. The number of halogens is 1. The molecular weight excluding hydrogens is 344 g/mol. The molecule has 3 rings (SSSR count). The molecule has 0 saturated heterocycles. The first-order chi connectivity index (χ1) is 10.2. The summed E-state index contributed by atoms with van der Waals surface area (Å²) in [6.07, 6.45) is 4.87. The molecule has 0 spiro atoms. The van der Waals surface area contributed by atoms with Crippen LogP contribution in [0.1, 0.15) is 29.1 Å². The predicted octanol–water partition coefficient (Wildman–Crippen LogP) is 4.37. The Labute approximate surface area is 139 Å². The maximum absolute atomic E-state index is 4.63. The van der Waals surface area contributed by atoms with Crippen LogP contribution >= 0.6 is 27.3 Å². The molecule has 0 bridgehead atoms. The van der Waals surface area contributed by atoms with Gasteiger partial charge in [-0.25, -0.2) is 4.98 Å². The molecule has 1 unspecified atom stereocenters. The van der Waals surface area contributed by atoms with Crippen LogP contribution in [-0.2, 0) is 12.8 Å². The van der Waals surface area contributed by atoms with E-state index in [1.54, 1.807) is 11.3 Å². The van der Waals surface area contributed by atoms with Crippen molar-refractivity contribution >= 4 is 27.3 Å². The van der Waals surface area contributed by atoms with Crippen molar-refractivity contribution in [2.45, 2.75) is 38.6 Å². The van der Waals surface area contributed by atoms with E-state index in [4.69, 9.17) is 0 Å². The third-order valence-corrected chi connectivity index (χ3v) is 5.17. The Balaban J connectivity index is 1.65. The van der Waals surface area contributed by atoms with E-state index in [1.807, 2.05) is 0 Å². The van der Waals surface area contributed by atoms with E-state index in [0.29, 0.717) is 5.92 Å².